The van der Waals surface area contributed by atoms with E-state index in [2.05, 4.69) is 4.74 Å². The number of nitrogens with zero attached hydrogens (tertiary/aromatic N) is 1. The fourth-order valence-corrected chi connectivity index (χ4v) is 3.66. The van der Waals surface area contributed by atoms with E-state index >= 15 is 0 Å². The van der Waals surface area contributed by atoms with Gasteiger partial charge in [0.15, 0.2) is 0 Å². The zero-order valence-corrected chi connectivity index (χ0v) is 15.7. The Hall–Kier alpha value is -3.35. The summed E-state index contributed by atoms with van der Waals surface area (Å²) in [4.78, 5) is 14.5. The Kier molecular flexibility index (Phi) is 5.20. The summed E-state index contributed by atoms with van der Waals surface area (Å²) in [5.74, 6) is -0.926. The summed E-state index contributed by atoms with van der Waals surface area (Å²) in [6, 6.07) is 17.0. The molecular weight excluding hydrogens is 398 g/mol. The van der Waals surface area contributed by atoms with Crippen LogP contribution in [0, 0.1) is 5.82 Å². The summed E-state index contributed by atoms with van der Waals surface area (Å²) < 4.78 is 54.0. The van der Waals surface area contributed by atoms with Crippen molar-refractivity contribution >= 4 is 5.91 Å². The SMILES string of the molecule is O=C(c1ccc(OC(F)(F)F)cc1)N1CCc2c(cccc2-c2ccc(F)cc2)C1. The largest absolute Gasteiger partial charge is 0.573 e. The lowest BCUT2D eigenvalue weighted by molar-refractivity contribution is -0.274. The van der Waals surface area contributed by atoms with Crippen LogP contribution in [0.2, 0.25) is 0 Å². The second-order valence-electron chi connectivity index (χ2n) is 7.00. The number of fused-ring (bicyclic) bond motifs is 1. The van der Waals surface area contributed by atoms with Gasteiger partial charge >= 0.3 is 6.36 Å². The van der Waals surface area contributed by atoms with Crippen LogP contribution in [0.25, 0.3) is 11.1 Å². The Morgan fingerprint density at radius 3 is 2.30 bits per heavy atom. The van der Waals surface area contributed by atoms with Gasteiger partial charge in [0.05, 0.1) is 0 Å². The van der Waals surface area contributed by atoms with Crippen molar-refractivity contribution in [3.8, 4) is 16.9 Å². The van der Waals surface area contributed by atoms with Gasteiger partial charge in [-0.25, -0.2) is 4.39 Å². The zero-order chi connectivity index (χ0) is 21.3. The molecule has 0 aromatic heterocycles. The molecular formula is C23H17F4NO2. The number of alkyl halides is 3. The molecule has 0 radical (unpaired) electrons. The molecule has 1 amide bonds. The second kappa shape index (κ2) is 7.82. The molecule has 0 atom stereocenters. The molecule has 1 heterocycles. The third kappa shape index (κ3) is 4.30. The maximum absolute atomic E-state index is 13.2. The summed E-state index contributed by atoms with van der Waals surface area (Å²) >= 11 is 0. The molecule has 154 valence electrons. The van der Waals surface area contributed by atoms with Gasteiger partial charge in [0, 0.05) is 18.7 Å². The predicted molar refractivity (Wildman–Crippen MR) is 103 cm³/mol. The lowest BCUT2D eigenvalue weighted by Crippen LogP contribution is -2.36. The molecule has 0 saturated heterocycles. The van der Waals surface area contributed by atoms with E-state index in [4.69, 9.17) is 0 Å². The first kappa shape index (κ1) is 19.9. The maximum Gasteiger partial charge on any atom is 0.573 e. The highest BCUT2D eigenvalue weighted by molar-refractivity contribution is 5.94. The molecule has 3 aromatic rings. The van der Waals surface area contributed by atoms with Crippen LogP contribution in [0.3, 0.4) is 0 Å². The van der Waals surface area contributed by atoms with E-state index in [0.29, 0.717) is 25.1 Å². The number of halogens is 4. The number of amides is 1. The summed E-state index contributed by atoms with van der Waals surface area (Å²) in [6.45, 7) is 0.870. The summed E-state index contributed by atoms with van der Waals surface area (Å²) in [7, 11) is 0. The van der Waals surface area contributed by atoms with Crippen molar-refractivity contribution < 1.29 is 27.1 Å². The number of carbonyl (C=O) groups excluding carboxylic acids is 1. The zero-order valence-electron chi connectivity index (χ0n) is 15.7. The topological polar surface area (TPSA) is 29.5 Å². The van der Waals surface area contributed by atoms with Crippen LogP contribution in [0.15, 0.2) is 66.7 Å². The number of benzene rings is 3. The molecule has 1 aliphatic heterocycles. The number of carbonyl (C=O) groups is 1. The van der Waals surface area contributed by atoms with Crippen LogP contribution >= 0.6 is 0 Å². The van der Waals surface area contributed by atoms with Gasteiger partial charge in [0.1, 0.15) is 11.6 Å². The van der Waals surface area contributed by atoms with Crippen molar-refractivity contribution in [3.05, 3.63) is 89.2 Å². The molecule has 0 spiro atoms. The van der Waals surface area contributed by atoms with Gasteiger partial charge in [0.2, 0.25) is 0 Å². The fraction of sp³-hybridized carbons (Fsp3) is 0.174. The standard InChI is InChI=1S/C23H17F4NO2/c24-18-8-4-15(5-9-18)20-3-1-2-17-14-28(13-12-21(17)20)22(29)16-6-10-19(11-7-16)30-23(25,26)27/h1-11H,12-14H2. The van der Waals surface area contributed by atoms with Gasteiger partial charge in [-0.2, -0.15) is 0 Å². The highest BCUT2D eigenvalue weighted by atomic mass is 19.4. The molecule has 7 heteroatoms. The van der Waals surface area contributed by atoms with Crippen LogP contribution in [-0.2, 0) is 13.0 Å². The number of hydrogen-bond acceptors (Lipinski definition) is 2. The van der Waals surface area contributed by atoms with E-state index in [9.17, 15) is 22.4 Å². The molecule has 4 rings (SSSR count). The highest BCUT2D eigenvalue weighted by Gasteiger charge is 2.31. The molecule has 0 aliphatic carbocycles. The molecule has 0 unspecified atom stereocenters. The first-order valence-electron chi connectivity index (χ1n) is 9.32. The maximum atomic E-state index is 13.2. The molecule has 30 heavy (non-hydrogen) atoms. The van der Waals surface area contributed by atoms with Crippen molar-refractivity contribution in [3.63, 3.8) is 0 Å². The average Bonchev–Trinajstić information content (AvgIpc) is 2.72. The van der Waals surface area contributed by atoms with Crippen LogP contribution in [0.4, 0.5) is 17.6 Å². The first-order valence-corrected chi connectivity index (χ1v) is 9.32. The Balaban J connectivity index is 1.52. The first-order chi connectivity index (χ1) is 14.3. The molecule has 0 saturated carbocycles. The van der Waals surface area contributed by atoms with E-state index in [-0.39, 0.29) is 17.5 Å². The third-order valence-electron chi connectivity index (χ3n) is 5.04. The summed E-state index contributed by atoms with van der Waals surface area (Å²) in [5, 5.41) is 0. The molecule has 3 aromatic carbocycles. The van der Waals surface area contributed by atoms with E-state index < -0.39 is 6.36 Å². The van der Waals surface area contributed by atoms with Gasteiger partial charge in [0.25, 0.3) is 5.91 Å². The Morgan fingerprint density at radius 2 is 1.63 bits per heavy atom. The molecule has 0 bridgehead atoms. The van der Waals surface area contributed by atoms with Gasteiger partial charge in [-0.15, -0.1) is 13.2 Å². The molecule has 3 nitrogen and oxygen atoms in total. The van der Waals surface area contributed by atoms with Gasteiger partial charge in [-0.1, -0.05) is 30.3 Å². The van der Waals surface area contributed by atoms with Gasteiger partial charge < -0.3 is 9.64 Å². The van der Waals surface area contributed by atoms with Crippen LogP contribution in [-0.4, -0.2) is 23.7 Å². The van der Waals surface area contributed by atoms with E-state index in [1.165, 1.54) is 24.3 Å². The summed E-state index contributed by atoms with van der Waals surface area (Å²) in [6.07, 6.45) is -4.14. The van der Waals surface area contributed by atoms with Crippen molar-refractivity contribution in [2.45, 2.75) is 19.3 Å². The Bertz CT molecular complexity index is 1060. The second-order valence-corrected chi connectivity index (χ2v) is 7.00. The molecule has 1 aliphatic rings. The van der Waals surface area contributed by atoms with E-state index in [1.54, 1.807) is 17.0 Å². The van der Waals surface area contributed by atoms with Gasteiger partial charge in [-0.3, -0.25) is 4.79 Å². The van der Waals surface area contributed by atoms with Crippen LogP contribution in [0.1, 0.15) is 21.5 Å². The lowest BCUT2D eigenvalue weighted by Gasteiger charge is -2.30. The number of hydrogen-bond donors (Lipinski definition) is 0. The minimum atomic E-state index is -4.77. The smallest absolute Gasteiger partial charge is 0.406 e. The minimum Gasteiger partial charge on any atom is -0.406 e. The highest BCUT2D eigenvalue weighted by Crippen LogP contribution is 2.31. The average molecular weight is 415 g/mol. The van der Waals surface area contributed by atoms with E-state index in [1.807, 2.05) is 18.2 Å². The Morgan fingerprint density at radius 1 is 0.933 bits per heavy atom. The third-order valence-corrected chi connectivity index (χ3v) is 5.04. The number of rotatable bonds is 3. The molecule has 0 N–H and O–H groups in total. The van der Waals surface area contributed by atoms with Crippen molar-refractivity contribution in [2.24, 2.45) is 0 Å². The summed E-state index contributed by atoms with van der Waals surface area (Å²) in [5.41, 5.74) is 4.32. The van der Waals surface area contributed by atoms with Crippen LogP contribution in [0.5, 0.6) is 5.75 Å². The quantitative estimate of drug-likeness (QED) is 0.522. The normalized spacial score (nSPS) is 13.7. The van der Waals surface area contributed by atoms with Crippen molar-refractivity contribution in [1.29, 1.82) is 0 Å². The number of ether oxygens (including phenoxy) is 1. The van der Waals surface area contributed by atoms with E-state index in [0.717, 1.165) is 34.4 Å². The molecule has 0 fully saturated rings. The van der Waals surface area contributed by atoms with Crippen molar-refractivity contribution in [1.82, 2.24) is 4.90 Å². The van der Waals surface area contributed by atoms with Gasteiger partial charge in [-0.05, 0) is 65.1 Å². The lowest BCUT2D eigenvalue weighted by atomic mass is 9.90. The minimum absolute atomic E-state index is 0.258. The predicted octanol–water partition coefficient (Wildman–Crippen LogP) is 5.59. The van der Waals surface area contributed by atoms with Crippen molar-refractivity contribution in [2.75, 3.05) is 6.54 Å². The Labute approximate surface area is 170 Å². The fourth-order valence-electron chi connectivity index (χ4n) is 3.66. The van der Waals surface area contributed by atoms with Crippen LogP contribution < -0.4 is 4.74 Å². The monoisotopic (exact) mass is 415 g/mol.